The van der Waals surface area contributed by atoms with E-state index in [9.17, 15) is 19.2 Å². The average Bonchev–Trinajstić information content (AvgIpc) is 3.23. The minimum Gasteiger partial charge on any atom is -0.457 e. The first kappa shape index (κ1) is 27.2. The molecule has 34 heavy (non-hydrogen) atoms. The predicted octanol–water partition coefficient (Wildman–Crippen LogP) is 0.498. The van der Waals surface area contributed by atoms with Crippen molar-refractivity contribution >= 4 is 70.3 Å². The lowest BCUT2D eigenvalue weighted by Crippen LogP contribution is -2.70. The van der Waals surface area contributed by atoms with E-state index < -0.39 is 35.4 Å². The summed E-state index contributed by atoms with van der Waals surface area (Å²) in [6.07, 6.45) is 0.691. The lowest BCUT2D eigenvalue weighted by Gasteiger charge is -2.48. The zero-order valence-corrected chi connectivity index (χ0v) is 20.5. The number of anilines is 1. The smallest absolute Gasteiger partial charge is 0.457 e. The SMILES string of the molecule is CCOC(=O)OCCOC(=O)C1=CCS[C@H]2C(NC(=O)C(=NOC)c3csc(N)n3)C(=O)N12.Cl. The number of halogens is 1. The Kier molecular flexibility index (Phi) is 9.95. The van der Waals surface area contributed by atoms with Gasteiger partial charge in [0.2, 0.25) is 0 Å². The normalized spacial score (nSPS) is 19.0. The quantitative estimate of drug-likeness (QED) is 0.148. The molecule has 2 aliphatic heterocycles. The number of thiazole rings is 1. The number of ether oxygens (including phenoxy) is 3. The number of amides is 2. The number of rotatable bonds is 9. The van der Waals surface area contributed by atoms with Crippen molar-refractivity contribution in [3.8, 4) is 0 Å². The molecule has 1 aromatic rings. The van der Waals surface area contributed by atoms with Gasteiger partial charge in [-0.25, -0.2) is 14.6 Å². The van der Waals surface area contributed by atoms with Gasteiger partial charge < -0.3 is 30.1 Å². The van der Waals surface area contributed by atoms with Crippen LogP contribution in [0.15, 0.2) is 22.3 Å². The Morgan fingerprint density at radius 2 is 2.03 bits per heavy atom. The Morgan fingerprint density at radius 1 is 1.29 bits per heavy atom. The summed E-state index contributed by atoms with van der Waals surface area (Å²) in [6, 6.07) is -0.885. The molecule has 1 aromatic heterocycles. The lowest BCUT2D eigenvalue weighted by molar-refractivity contribution is -0.152. The Hall–Kier alpha value is -3.04. The van der Waals surface area contributed by atoms with Crippen LogP contribution in [0.2, 0.25) is 0 Å². The molecule has 0 bridgehead atoms. The molecule has 13 nitrogen and oxygen atoms in total. The number of hydrogen-bond donors (Lipinski definition) is 2. The highest BCUT2D eigenvalue weighted by molar-refractivity contribution is 8.00. The van der Waals surface area contributed by atoms with E-state index in [0.717, 1.165) is 11.3 Å². The number of oxime groups is 1. The summed E-state index contributed by atoms with van der Waals surface area (Å²) >= 11 is 2.49. The third-order valence-corrected chi connectivity index (χ3v) is 6.16. The number of carbonyl (C=O) groups excluding carboxylic acids is 4. The zero-order chi connectivity index (χ0) is 24.0. The largest absolute Gasteiger partial charge is 0.508 e. The van der Waals surface area contributed by atoms with Crippen molar-refractivity contribution in [1.82, 2.24) is 15.2 Å². The molecule has 0 aliphatic carbocycles. The highest BCUT2D eigenvalue weighted by Gasteiger charge is 2.53. The van der Waals surface area contributed by atoms with Gasteiger partial charge in [0.1, 0.15) is 43.1 Å². The van der Waals surface area contributed by atoms with Gasteiger partial charge in [0, 0.05) is 11.1 Å². The van der Waals surface area contributed by atoms with Crippen LogP contribution in [-0.4, -0.2) is 83.6 Å². The molecule has 2 atom stereocenters. The number of thioether (sulfide) groups is 1. The van der Waals surface area contributed by atoms with Gasteiger partial charge in [-0.15, -0.1) is 35.5 Å². The van der Waals surface area contributed by atoms with Gasteiger partial charge in [-0.2, -0.15) is 0 Å². The van der Waals surface area contributed by atoms with Crippen LogP contribution in [0.5, 0.6) is 0 Å². The van der Waals surface area contributed by atoms with E-state index in [1.807, 2.05) is 0 Å². The van der Waals surface area contributed by atoms with Gasteiger partial charge in [-0.05, 0) is 13.0 Å². The summed E-state index contributed by atoms with van der Waals surface area (Å²) in [4.78, 5) is 59.0. The maximum Gasteiger partial charge on any atom is 0.508 e. The molecule has 2 amide bonds. The first-order chi connectivity index (χ1) is 15.9. The van der Waals surface area contributed by atoms with Gasteiger partial charge >= 0.3 is 12.1 Å². The number of carbonyl (C=O) groups is 4. The van der Waals surface area contributed by atoms with Crippen LogP contribution in [0.1, 0.15) is 12.6 Å². The number of nitrogen functional groups attached to an aromatic ring is 1. The van der Waals surface area contributed by atoms with Crippen molar-refractivity contribution in [3.05, 3.63) is 22.8 Å². The molecule has 1 unspecified atom stereocenters. The molecule has 0 saturated carbocycles. The molecule has 3 N–H and O–H groups in total. The van der Waals surface area contributed by atoms with E-state index in [0.29, 0.717) is 5.75 Å². The van der Waals surface area contributed by atoms with Crippen molar-refractivity contribution in [3.63, 3.8) is 0 Å². The topological polar surface area (TPSA) is 172 Å². The van der Waals surface area contributed by atoms with E-state index in [4.69, 9.17) is 20.0 Å². The van der Waals surface area contributed by atoms with Crippen LogP contribution in [0.25, 0.3) is 0 Å². The third kappa shape index (κ3) is 6.09. The molecule has 16 heteroatoms. The van der Waals surface area contributed by atoms with Crippen molar-refractivity contribution in [2.45, 2.75) is 18.3 Å². The van der Waals surface area contributed by atoms with Crippen molar-refractivity contribution < 1.29 is 38.2 Å². The molecule has 3 rings (SSSR count). The number of nitrogens with two attached hydrogens (primary N) is 1. The third-order valence-electron chi connectivity index (χ3n) is 4.30. The highest BCUT2D eigenvalue weighted by atomic mass is 35.5. The van der Waals surface area contributed by atoms with Crippen molar-refractivity contribution in [1.29, 1.82) is 0 Å². The minimum atomic E-state index is -0.885. The van der Waals surface area contributed by atoms with Crippen molar-refractivity contribution in [2.75, 3.05) is 38.4 Å². The van der Waals surface area contributed by atoms with E-state index in [1.54, 1.807) is 18.4 Å². The fourth-order valence-electron chi connectivity index (χ4n) is 2.92. The van der Waals surface area contributed by atoms with E-state index in [2.05, 4.69) is 20.2 Å². The summed E-state index contributed by atoms with van der Waals surface area (Å²) in [5.41, 5.74) is 5.75. The standard InChI is InChI=1S/C18H21N5O8S2.ClH/c1-3-29-18(27)31-6-5-30-16(26)10-4-7-32-15-12(14(25)23(10)15)21-13(24)11(22-28-2)9-8-33-17(19)20-9;/h4,8,12,15H,3,5-7H2,1-2H3,(H2,19,20)(H,21,24);1H/t12?,15-;/m0./s1. The number of esters is 1. The number of hydrogen-bond acceptors (Lipinski definition) is 13. The van der Waals surface area contributed by atoms with E-state index >= 15 is 0 Å². The van der Waals surface area contributed by atoms with Gasteiger partial charge in [-0.3, -0.25) is 14.5 Å². The van der Waals surface area contributed by atoms with Crippen LogP contribution < -0.4 is 11.1 Å². The summed E-state index contributed by atoms with van der Waals surface area (Å²) in [5.74, 6) is -1.48. The minimum absolute atomic E-state index is 0. The maximum absolute atomic E-state index is 12.7. The fraction of sp³-hybridized carbons (Fsp3) is 0.444. The molecule has 1 saturated heterocycles. The monoisotopic (exact) mass is 535 g/mol. The summed E-state index contributed by atoms with van der Waals surface area (Å²) < 4.78 is 14.4. The number of fused-ring (bicyclic) bond motifs is 1. The maximum atomic E-state index is 12.7. The second-order valence-electron chi connectivity index (χ2n) is 6.33. The van der Waals surface area contributed by atoms with Gasteiger partial charge in [-0.1, -0.05) is 5.16 Å². The number of nitrogens with zero attached hydrogens (tertiary/aromatic N) is 3. The van der Waals surface area contributed by atoms with Crippen molar-refractivity contribution in [2.24, 2.45) is 5.16 Å². The first-order valence-electron chi connectivity index (χ1n) is 9.62. The highest BCUT2D eigenvalue weighted by Crippen LogP contribution is 2.37. The van der Waals surface area contributed by atoms with E-state index in [-0.39, 0.29) is 54.5 Å². The summed E-state index contributed by atoms with van der Waals surface area (Å²) in [7, 11) is 1.27. The number of aromatic nitrogens is 1. The van der Waals surface area contributed by atoms with Crippen LogP contribution in [0.3, 0.4) is 0 Å². The molecule has 0 aromatic carbocycles. The van der Waals surface area contributed by atoms with Gasteiger partial charge in [0.05, 0.1) is 6.61 Å². The Labute approximate surface area is 208 Å². The molecular formula is C18H22ClN5O8S2. The van der Waals surface area contributed by atoms with Crippen LogP contribution in [-0.2, 0) is 33.4 Å². The summed E-state index contributed by atoms with van der Waals surface area (Å²) in [6.45, 7) is 1.40. The Morgan fingerprint density at radius 3 is 2.68 bits per heavy atom. The molecule has 0 spiro atoms. The molecule has 186 valence electrons. The number of nitrogens with one attached hydrogen (secondary N) is 1. The molecule has 1 fully saturated rings. The molecule has 0 radical (unpaired) electrons. The second-order valence-corrected chi connectivity index (χ2v) is 8.37. The molecule has 3 heterocycles. The van der Waals surface area contributed by atoms with Crippen LogP contribution in [0, 0.1) is 0 Å². The van der Waals surface area contributed by atoms with Crippen LogP contribution >= 0.6 is 35.5 Å². The van der Waals surface area contributed by atoms with Crippen LogP contribution in [0.4, 0.5) is 9.93 Å². The zero-order valence-electron chi connectivity index (χ0n) is 18.0. The predicted molar refractivity (Wildman–Crippen MR) is 124 cm³/mol. The first-order valence-corrected chi connectivity index (χ1v) is 11.5. The van der Waals surface area contributed by atoms with E-state index in [1.165, 1.54) is 23.8 Å². The molecular weight excluding hydrogens is 514 g/mol. The number of β-lactam (4-membered cyclic amide) rings is 1. The lowest BCUT2D eigenvalue weighted by atomic mass is 10.0. The molecule has 2 aliphatic rings. The fourth-order valence-corrected chi connectivity index (χ4v) is 4.67. The van der Waals surface area contributed by atoms with Gasteiger partial charge in [0.15, 0.2) is 10.8 Å². The van der Waals surface area contributed by atoms with Gasteiger partial charge in [0.25, 0.3) is 11.8 Å². The average molecular weight is 536 g/mol. The Balaban J connectivity index is 0.00000408. The second kappa shape index (κ2) is 12.4. The summed E-state index contributed by atoms with van der Waals surface area (Å²) in [5, 5.41) is 7.58. The Bertz CT molecular complexity index is 1000.